The lowest BCUT2D eigenvalue weighted by atomic mass is 10.2. The molecule has 0 fully saturated rings. The molecule has 0 unspecified atom stereocenters. The van der Waals surface area contributed by atoms with Crippen LogP contribution in [-0.2, 0) is 0 Å². The number of carboxylic acids is 1. The summed E-state index contributed by atoms with van der Waals surface area (Å²) < 4.78 is 13.3. The summed E-state index contributed by atoms with van der Waals surface area (Å²) in [6, 6.07) is 3.79. The van der Waals surface area contributed by atoms with Gasteiger partial charge in [0.05, 0.1) is 5.56 Å². The van der Waals surface area contributed by atoms with E-state index >= 15 is 0 Å². The first-order valence-electron chi connectivity index (χ1n) is 4.87. The van der Waals surface area contributed by atoms with E-state index in [0.29, 0.717) is 10.6 Å². The molecule has 1 aromatic carbocycles. The van der Waals surface area contributed by atoms with Gasteiger partial charge in [0.25, 0.3) is 0 Å². The van der Waals surface area contributed by atoms with E-state index in [4.69, 9.17) is 5.11 Å². The SMILES string of the molecule is C=C(CC)CSc1cc(C(=O)O)ccc1F. The van der Waals surface area contributed by atoms with Crippen LogP contribution in [-0.4, -0.2) is 16.8 Å². The molecular weight excluding hydrogens is 227 g/mol. The van der Waals surface area contributed by atoms with Crippen molar-refractivity contribution in [3.63, 3.8) is 0 Å². The number of carboxylic acid groups (broad SMARTS) is 1. The van der Waals surface area contributed by atoms with Crippen LogP contribution in [0.3, 0.4) is 0 Å². The fourth-order valence-corrected chi connectivity index (χ4v) is 2.01. The first-order chi connectivity index (χ1) is 7.54. The molecule has 0 aliphatic heterocycles. The third-order valence-corrected chi connectivity index (χ3v) is 3.29. The van der Waals surface area contributed by atoms with Crippen LogP contribution in [0.1, 0.15) is 23.7 Å². The Bertz CT molecular complexity index is 415. The van der Waals surface area contributed by atoms with Gasteiger partial charge >= 0.3 is 5.97 Å². The standard InChI is InChI=1S/C12H13FO2S/c1-3-8(2)7-16-11-6-9(12(14)15)4-5-10(11)13/h4-6H,2-3,7H2,1H3,(H,14,15). The number of aromatic carboxylic acids is 1. The number of thioether (sulfide) groups is 1. The van der Waals surface area contributed by atoms with Crippen LogP contribution in [0.15, 0.2) is 35.2 Å². The van der Waals surface area contributed by atoms with Crippen molar-refractivity contribution in [1.29, 1.82) is 0 Å². The zero-order valence-corrected chi connectivity index (χ0v) is 9.81. The minimum Gasteiger partial charge on any atom is -0.478 e. The highest BCUT2D eigenvalue weighted by molar-refractivity contribution is 7.99. The van der Waals surface area contributed by atoms with Crippen LogP contribution in [0.4, 0.5) is 4.39 Å². The monoisotopic (exact) mass is 240 g/mol. The first-order valence-corrected chi connectivity index (χ1v) is 5.85. The molecule has 0 aliphatic carbocycles. The van der Waals surface area contributed by atoms with Gasteiger partial charge in [-0.1, -0.05) is 19.1 Å². The second kappa shape index (κ2) is 5.70. The molecule has 16 heavy (non-hydrogen) atoms. The summed E-state index contributed by atoms with van der Waals surface area (Å²) in [6.07, 6.45) is 0.841. The third kappa shape index (κ3) is 3.38. The van der Waals surface area contributed by atoms with Gasteiger partial charge in [-0.3, -0.25) is 0 Å². The molecule has 0 bridgehead atoms. The van der Waals surface area contributed by atoms with E-state index in [1.54, 1.807) is 0 Å². The molecule has 86 valence electrons. The molecule has 0 aliphatic rings. The number of halogens is 1. The lowest BCUT2D eigenvalue weighted by Crippen LogP contribution is -1.97. The summed E-state index contributed by atoms with van der Waals surface area (Å²) in [6.45, 7) is 5.79. The molecule has 0 heterocycles. The maximum Gasteiger partial charge on any atom is 0.335 e. The Hall–Kier alpha value is -1.29. The molecule has 0 radical (unpaired) electrons. The topological polar surface area (TPSA) is 37.3 Å². The second-order valence-electron chi connectivity index (χ2n) is 3.34. The van der Waals surface area contributed by atoms with Crippen molar-refractivity contribution < 1.29 is 14.3 Å². The lowest BCUT2D eigenvalue weighted by molar-refractivity contribution is 0.0696. The molecule has 0 atom stereocenters. The molecule has 4 heteroatoms. The summed E-state index contributed by atoms with van der Waals surface area (Å²) in [7, 11) is 0. The summed E-state index contributed by atoms with van der Waals surface area (Å²) >= 11 is 1.27. The van der Waals surface area contributed by atoms with E-state index < -0.39 is 5.97 Å². The maximum atomic E-state index is 13.3. The second-order valence-corrected chi connectivity index (χ2v) is 4.36. The van der Waals surface area contributed by atoms with Crippen molar-refractivity contribution in [3.05, 3.63) is 41.7 Å². The molecule has 0 amide bonds. The quantitative estimate of drug-likeness (QED) is 0.631. The minimum atomic E-state index is -1.05. The van der Waals surface area contributed by atoms with E-state index in [2.05, 4.69) is 6.58 Å². The molecule has 0 aromatic heterocycles. The largest absolute Gasteiger partial charge is 0.478 e. The maximum absolute atomic E-state index is 13.3. The Morgan fingerprint density at radius 1 is 1.56 bits per heavy atom. The molecule has 1 N–H and O–H groups in total. The smallest absolute Gasteiger partial charge is 0.335 e. The van der Waals surface area contributed by atoms with Gasteiger partial charge in [0.15, 0.2) is 0 Å². The molecule has 2 nitrogen and oxygen atoms in total. The molecule has 0 saturated heterocycles. The van der Waals surface area contributed by atoms with E-state index in [9.17, 15) is 9.18 Å². The number of carbonyl (C=O) groups is 1. The van der Waals surface area contributed by atoms with Gasteiger partial charge in [-0.15, -0.1) is 11.8 Å². The van der Waals surface area contributed by atoms with Crippen molar-refractivity contribution in [1.82, 2.24) is 0 Å². The average molecular weight is 240 g/mol. The number of benzene rings is 1. The molecule has 1 rings (SSSR count). The Labute approximate surface area is 98.2 Å². The highest BCUT2D eigenvalue weighted by Gasteiger charge is 2.08. The van der Waals surface area contributed by atoms with E-state index in [1.165, 1.54) is 30.0 Å². The number of hydrogen-bond acceptors (Lipinski definition) is 2. The normalized spacial score (nSPS) is 10.1. The third-order valence-electron chi connectivity index (χ3n) is 2.11. The number of hydrogen-bond donors (Lipinski definition) is 1. The predicted octanol–water partition coefficient (Wildman–Crippen LogP) is 3.58. The fraction of sp³-hybridized carbons (Fsp3) is 0.250. The van der Waals surface area contributed by atoms with Crippen LogP contribution in [0.25, 0.3) is 0 Å². The van der Waals surface area contributed by atoms with Crippen molar-refractivity contribution in [2.75, 3.05) is 5.75 Å². The van der Waals surface area contributed by atoms with Crippen LogP contribution >= 0.6 is 11.8 Å². The van der Waals surface area contributed by atoms with Crippen LogP contribution in [0, 0.1) is 5.82 Å². The highest BCUT2D eigenvalue weighted by atomic mass is 32.2. The van der Waals surface area contributed by atoms with Gasteiger partial charge in [-0.25, -0.2) is 9.18 Å². The lowest BCUT2D eigenvalue weighted by Gasteiger charge is -2.05. The van der Waals surface area contributed by atoms with Crippen molar-refractivity contribution in [2.45, 2.75) is 18.2 Å². The zero-order chi connectivity index (χ0) is 12.1. The summed E-state index contributed by atoms with van der Waals surface area (Å²) in [4.78, 5) is 11.1. The van der Waals surface area contributed by atoms with Crippen molar-refractivity contribution in [2.24, 2.45) is 0 Å². The highest BCUT2D eigenvalue weighted by Crippen LogP contribution is 2.25. The summed E-state index contributed by atoms with van der Waals surface area (Å²) in [5.74, 6) is -0.827. The molecule has 0 spiro atoms. The van der Waals surface area contributed by atoms with E-state index in [0.717, 1.165) is 12.0 Å². The summed E-state index contributed by atoms with van der Waals surface area (Å²) in [5, 5.41) is 8.77. The van der Waals surface area contributed by atoms with Gasteiger partial charge < -0.3 is 5.11 Å². The first kappa shape index (κ1) is 12.8. The van der Waals surface area contributed by atoms with Crippen LogP contribution in [0.5, 0.6) is 0 Å². The Morgan fingerprint density at radius 2 is 2.25 bits per heavy atom. The van der Waals surface area contributed by atoms with Crippen molar-refractivity contribution >= 4 is 17.7 Å². The Kier molecular flexibility index (Phi) is 4.55. The van der Waals surface area contributed by atoms with Gasteiger partial charge in [0.2, 0.25) is 0 Å². The van der Waals surface area contributed by atoms with E-state index in [-0.39, 0.29) is 11.4 Å². The summed E-state index contributed by atoms with van der Waals surface area (Å²) in [5.41, 5.74) is 1.11. The van der Waals surface area contributed by atoms with Crippen molar-refractivity contribution in [3.8, 4) is 0 Å². The minimum absolute atomic E-state index is 0.103. The van der Waals surface area contributed by atoms with Gasteiger partial charge in [-0.2, -0.15) is 0 Å². The average Bonchev–Trinajstić information content (AvgIpc) is 2.27. The molecular formula is C12H13FO2S. The van der Waals surface area contributed by atoms with Gasteiger partial charge in [0, 0.05) is 10.6 Å². The zero-order valence-electron chi connectivity index (χ0n) is 9.00. The predicted molar refractivity (Wildman–Crippen MR) is 63.5 cm³/mol. The van der Waals surface area contributed by atoms with Gasteiger partial charge in [0.1, 0.15) is 5.82 Å². The van der Waals surface area contributed by atoms with Crippen LogP contribution < -0.4 is 0 Å². The van der Waals surface area contributed by atoms with E-state index in [1.807, 2.05) is 6.92 Å². The molecule has 1 aromatic rings. The fourth-order valence-electron chi connectivity index (χ4n) is 1.03. The van der Waals surface area contributed by atoms with Crippen LogP contribution in [0.2, 0.25) is 0 Å². The Balaban J connectivity index is 2.82. The molecule has 0 saturated carbocycles. The Morgan fingerprint density at radius 3 is 2.81 bits per heavy atom. The number of rotatable bonds is 5. The van der Waals surface area contributed by atoms with Gasteiger partial charge in [-0.05, 0) is 24.6 Å².